The van der Waals surface area contributed by atoms with Crippen LogP contribution < -0.4 is 5.32 Å². The van der Waals surface area contributed by atoms with Crippen LogP contribution >= 0.6 is 0 Å². The smallest absolute Gasteiger partial charge is 0.252 e. The molecule has 2 aromatic rings. The summed E-state index contributed by atoms with van der Waals surface area (Å²) in [5.74, 6) is 0.102. The second kappa shape index (κ2) is 4.69. The van der Waals surface area contributed by atoms with Gasteiger partial charge in [0, 0.05) is 17.0 Å². The van der Waals surface area contributed by atoms with E-state index in [0.717, 1.165) is 10.9 Å². The van der Waals surface area contributed by atoms with Gasteiger partial charge in [0.15, 0.2) is 0 Å². The van der Waals surface area contributed by atoms with Crippen LogP contribution in [0.5, 0.6) is 5.75 Å². The van der Waals surface area contributed by atoms with E-state index in [4.69, 9.17) is 0 Å². The molecular weight excluding hydrogens is 226 g/mol. The first-order chi connectivity index (χ1) is 8.49. The molecule has 0 fully saturated rings. The highest BCUT2D eigenvalue weighted by molar-refractivity contribution is 6.08. The molecule has 0 saturated carbocycles. The average Bonchev–Trinajstić information content (AvgIpc) is 2.27. The summed E-state index contributed by atoms with van der Waals surface area (Å²) in [6.07, 6.45) is 0. The number of phenolic OH excluding ortho intramolecular Hbond substituents is 1. The van der Waals surface area contributed by atoms with Gasteiger partial charge in [0.05, 0.1) is 0 Å². The Morgan fingerprint density at radius 3 is 2.61 bits per heavy atom. The van der Waals surface area contributed by atoms with Crippen molar-refractivity contribution in [2.75, 3.05) is 0 Å². The van der Waals surface area contributed by atoms with E-state index in [1.165, 1.54) is 0 Å². The van der Waals surface area contributed by atoms with E-state index < -0.39 is 0 Å². The number of aromatic hydroxyl groups is 1. The third-order valence-corrected chi connectivity index (χ3v) is 2.78. The van der Waals surface area contributed by atoms with Crippen LogP contribution in [0.1, 0.15) is 29.8 Å². The molecule has 3 nitrogen and oxygen atoms in total. The Kier molecular flexibility index (Phi) is 3.24. The SMILES string of the molecule is Cc1cc(O)c2cccc(C(=O)NC(C)C)c2c1. The van der Waals surface area contributed by atoms with Gasteiger partial charge in [0.2, 0.25) is 0 Å². The van der Waals surface area contributed by atoms with E-state index >= 15 is 0 Å². The monoisotopic (exact) mass is 243 g/mol. The number of benzene rings is 2. The maximum absolute atomic E-state index is 12.1. The van der Waals surface area contributed by atoms with Crippen LogP contribution in [-0.2, 0) is 0 Å². The molecule has 1 amide bonds. The van der Waals surface area contributed by atoms with Crippen molar-refractivity contribution in [1.29, 1.82) is 0 Å². The fourth-order valence-corrected chi connectivity index (χ4v) is 2.04. The van der Waals surface area contributed by atoms with Crippen molar-refractivity contribution in [2.45, 2.75) is 26.8 Å². The first kappa shape index (κ1) is 12.4. The fraction of sp³-hybridized carbons (Fsp3) is 0.267. The summed E-state index contributed by atoms with van der Waals surface area (Å²) in [7, 11) is 0. The van der Waals surface area contributed by atoms with Crippen molar-refractivity contribution in [2.24, 2.45) is 0 Å². The van der Waals surface area contributed by atoms with Gasteiger partial charge in [-0.1, -0.05) is 18.2 Å². The van der Waals surface area contributed by atoms with Crippen molar-refractivity contribution in [1.82, 2.24) is 5.32 Å². The van der Waals surface area contributed by atoms with Gasteiger partial charge in [-0.2, -0.15) is 0 Å². The molecule has 2 rings (SSSR count). The molecule has 0 aliphatic carbocycles. The molecular formula is C15H17NO2. The number of fused-ring (bicyclic) bond motifs is 1. The van der Waals surface area contributed by atoms with Crippen LogP contribution in [0.25, 0.3) is 10.8 Å². The highest BCUT2D eigenvalue weighted by Gasteiger charge is 2.12. The molecule has 0 bridgehead atoms. The van der Waals surface area contributed by atoms with Gasteiger partial charge in [0.25, 0.3) is 5.91 Å². The average molecular weight is 243 g/mol. The zero-order valence-corrected chi connectivity index (χ0v) is 10.8. The molecule has 2 N–H and O–H groups in total. The summed E-state index contributed by atoms with van der Waals surface area (Å²) in [4.78, 5) is 12.1. The van der Waals surface area contributed by atoms with E-state index in [9.17, 15) is 9.90 Å². The number of hydrogen-bond donors (Lipinski definition) is 2. The van der Waals surface area contributed by atoms with Gasteiger partial charge in [0.1, 0.15) is 5.75 Å². The summed E-state index contributed by atoms with van der Waals surface area (Å²) in [6.45, 7) is 5.74. The molecule has 94 valence electrons. The number of nitrogens with one attached hydrogen (secondary N) is 1. The van der Waals surface area contributed by atoms with Crippen molar-refractivity contribution in [3.8, 4) is 5.75 Å². The zero-order valence-electron chi connectivity index (χ0n) is 10.8. The molecule has 0 saturated heterocycles. The fourth-order valence-electron chi connectivity index (χ4n) is 2.04. The number of carbonyl (C=O) groups is 1. The minimum Gasteiger partial charge on any atom is -0.507 e. The second-order valence-electron chi connectivity index (χ2n) is 4.81. The van der Waals surface area contributed by atoms with E-state index in [0.29, 0.717) is 10.9 Å². The Morgan fingerprint density at radius 1 is 1.22 bits per heavy atom. The van der Waals surface area contributed by atoms with Crippen LogP contribution in [0, 0.1) is 6.92 Å². The third kappa shape index (κ3) is 2.30. The molecule has 0 atom stereocenters. The Bertz CT molecular complexity index is 603. The van der Waals surface area contributed by atoms with E-state index in [2.05, 4.69) is 5.32 Å². The molecule has 0 radical (unpaired) electrons. The lowest BCUT2D eigenvalue weighted by atomic mass is 10.0. The van der Waals surface area contributed by atoms with Crippen molar-refractivity contribution >= 4 is 16.7 Å². The number of hydrogen-bond acceptors (Lipinski definition) is 2. The number of rotatable bonds is 2. The van der Waals surface area contributed by atoms with Crippen LogP contribution in [0.3, 0.4) is 0 Å². The summed E-state index contributed by atoms with van der Waals surface area (Å²) in [6, 6.07) is 9.09. The predicted octanol–water partition coefficient (Wildman–Crippen LogP) is 2.99. The maximum atomic E-state index is 12.1. The standard InChI is InChI=1S/C15H17NO2/c1-9(2)16-15(18)12-6-4-5-11-13(12)7-10(3)8-14(11)17/h4-9,17H,1-3H3,(H,16,18). The molecule has 3 heteroatoms. The van der Waals surface area contributed by atoms with Gasteiger partial charge >= 0.3 is 0 Å². The molecule has 0 aromatic heterocycles. The molecule has 0 heterocycles. The van der Waals surface area contributed by atoms with Gasteiger partial charge in [-0.05, 0) is 43.9 Å². The number of aryl methyl sites for hydroxylation is 1. The molecule has 0 unspecified atom stereocenters. The molecule has 2 aromatic carbocycles. The summed E-state index contributed by atoms with van der Waals surface area (Å²) in [5, 5.41) is 14.3. The maximum Gasteiger partial charge on any atom is 0.252 e. The Balaban J connectivity index is 2.61. The normalized spacial score (nSPS) is 10.9. The number of amides is 1. The zero-order chi connectivity index (χ0) is 13.3. The van der Waals surface area contributed by atoms with Crippen LogP contribution in [0.2, 0.25) is 0 Å². The van der Waals surface area contributed by atoms with E-state index in [1.54, 1.807) is 18.2 Å². The van der Waals surface area contributed by atoms with E-state index in [1.807, 2.05) is 32.9 Å². The first-order valence-electron chi connectivity index (χ1n) is 6.02. The Labute approximate surface area is 106 Å². The topological polar surface area (TPSA) is 49.3 Å². The third-order valence-electron chi connectivity index (χ3n) is 2.78. The van der Waals surface area contributed by atoms with Crippen LogP contribution in [0.4, 0.5) is 0 Å². The Hall–Kier alpha value is -2.03. The highest BCUT2D eigenvalue weighted by Crippen LogP contribution is 2.28. The number of carbonyl (C=O) groups excluding carboxylic acids is 1. The van der Waals surface area contributed by atoms with Crippen LogP contribution in [0.15, 0.2) is 30.3 Å². The quantitative estimate of drug-likeness (QED) is 0.851. The van der Waals surface area contributed by atoms with Gasteiger partial charge < -0.3 is 10.4 Å². The Morgan fingerprint density at radius 2 is 1.94 bits per heavy atom. The minimum absolute atomic E-state index is 0.0890. The van der Waals surface area contributed by atoms with Crippen molar-refractivity contribution in [3.63, 3.8) is 0 Å². The largest absolute Gasteiger partial charge is 0.507 e. The lowest BCUT2D eigenvalue weighted by molar-refractivity contribution is 0.0945. The lowest BCUT2D eigenvalue weighted by Gasteiger charge is -2.11. The second-order valence-corrected chi connectivity index (χ2v) is 4.81. The first-order valence-corrected chi connectivity index (χ1v) is 6.02. The highest BCUT2D eigenvalue weighted by atomic mass is 16.3. The lowest BCUT2D eigenvalue weighted by Crippen LogP contribution is -2.30. The summed E-state index contributed by atoms with van der Waals surface area (Å²) in [5.41, 5.74) is 1.53. The van der Waals surface area contributed by atoms with Crippen molar-refractivity contribution < 1.29 is 9.90 Å². The van der Waals surface area contributed by atoms with E-state index in [-0.39, 0.29) is 17.7 Å². The van der Waals surface area contributed by atoms with Gasteiger partial charge in [-0.25, -0.2) is 0 Å². The van der Waals surface area contributed by atoms with Gasteiger partial charge in [-0.3, -0.25) is 4.79 Å². The minimum atomic E-state index is -0.111. The molecule has 0 aliphatic rings. The van der Waals surface area contributed by atoms with Gasteiger partial charge in [-0.15, -0.1) is 0 Å². The number of phenols is 1. The van der Waals surface area contributed by atoms with Crippen LogP contribution in [-0.4, -0.2) is 17.1 Å². The summed E-state index contributed by atoms with van der Waals surface area (Å²) < 4.78 is 0. The summed E-state index contributed by atoms with van der Waals surface area (Å²) >= 11 is 0. The van der Waals surface area contributed by atoms with Crippen molar-refractivity contribution in [3.05, 3.63) is 41.5 Å². The predicted molar refractivity (Wildman–Crippen MR) is 73.0 cm³/mol. The molecule has 18 heavy (non-hydrogen) atoms. The molecule has 0 spiro atoms. The molecule has 0 aliphatic heterocycles.